The molecular formula is C54H44. The molecule has 0 unspecified atom stereocenters. The second kappa shape index (κ2) is 11.5. The van der Waals surface area contributed by atoms with Gasteiger partial charge in [-0.1, -0.05) is 182 Å². The summed E-state index contributed by atoms with van der Waals surface area (Å²) in [4.78, 5) is 0. The maximum Gasteiger partial charge on any atom is -0.00206 e. The van der Waals surface area contributed by atoms with Crippen molar-refractivity contribution in [2.45, 2.75) is 47.0 Å². The highest BCUT2D eigenvalue weighted by Gasteiger charge is 2.19. The second-order valence-electron chi connectivity index (χ2n) is 17.6. The summed E-state index contributed by atoms with van der Waals surface area (Å²) in [5.41, 5.74) is 7.84. The Morgan fingerprint density at radius 3 is 1.44 bits per heavy atom. The van der Waals surface area contributed by atoms with Crippen LogP contribution < -0.4 is 5.22 Å². The van der Waals surface area contributed by atoms with Crippen LogP contribution in [0.3, 0.4) is 0 Å². The molecule has 0 fully saturated rings. The van der Waals surface area contributed by atoms with Crippen molar-refractivity contribution in [3.8, 4) is 22.3 Å². The Kier molecular flexibility index (Phi) is 6.96. The van der Waals surface area contributed by atoms with Gasteiger partial charge >= 0.3 is 0 Å². The monoisotopic (exact) mass is 692 g/mol. The van der Waals surface area contributed by atoms with Crippen LogP contribution >= 0.6 is 0 Å². The third kappa shape index (κ3) is 5.12. The van der Waals surface area contributed by atoms with E-state index in [9.17, 15) is 0 Å². The Labute approximate surface area is 317 Å². The van der Waals surface area contributed by atoms with E-state index in [4.69, 9.17) is 0 Å². The highest BCUT2D eigenvalue weighted by atomic mass is 14.2. The Balaban J connectivity index is 1.08. The summed E-state index contributed by atoms with van der Waals surface area (Å²) >= 11 is 0. The van der Waals surface area contributed by atoms with Crippen molar-refractivity contribution in [1.29, 1.82) is 0 Å². The predicted molar refractivity (Wildman–Crippen MR) is 239 cm³/mol. The van der Waals surface area contributed by atoms with Gasteiger partial charge in [-0.2, -0.15) is 0 Å². The van der Waals surface area contributed by atoms with E-state index in [-0.39, 0.29) is 10.8 Å². The number of allylic oxidation sites excluding steroid dienone is 1. The Morgan fingerprint density at radius 1 is 0.407 bits per heavy atom. The van der Waals surface area contributed by atoms with Crippen LogP contribution in [0.4, 0.5) is 0 Å². The smallest absolute Gasteiger partial charge is 0.00206 e. The summed E-state index contributed by atoms with van der Waals surface area (Å²) in [6.07, 6.45) is 4.57. The van der Waals surface area contributed by atoms with Crippen molar-refractivity contribution in [3.63, 3.8) is 0 Å². The van der Waals surface area contributed by atoms with Crippen molar-refractivity contribution in [1.82, 2.24) is 0 Å². The molecule has 0 heterocycles. The predicted octanol–water partition coefficient (Wildman–Crippen LogP) is 15.0. The molecule has 0 N–H and O–H groups in total. The lowest BCUT2D eigenvalue weighted by molar-refractivity contribution is 0.547. The summed E-state index contributed by atoms with van der Waals surface area (Å²) < 4.78 is 0. The molecule has 10 aromatic carbocycles. The molecule has 0 aliphatic rings. The average Bonchev–Trinajstić information content (AvgIpc) is 3.16. The van der Waals surface area contributed by atoms with Crippen LogP contribution in [0.25, 0.3) is 110 Å². The molecule has 0 radical (unpaired) electrons. The highest BCUT2D eigenvalue weighted by Crippen LogP contribution is 2.43. The zero-order chi connectivity index (χ0) is 37.1. The molecule has 260 valence electrons. The highest BCUT2D eigenvalue weighted by molar-refractivity contribution is 6.26. The topological polar surface area (TPSA) is 0 Å². The molecule has 0 saturated heterocycles. The van der Waals surface area contributed by atoms with Gasteiger partial charge in [-0.3, -0.25) is 0 Å². The van der Waals surface area contributed by atoms with Gasteiger partial charge in [0, 0.05) is 0 Å². The van der Waals surface area contributed by atoms with Gasteiger partial charge in [-0.05, 0) is 137 Å². The molecule has 0 atom stereocenters. The Morgan fingerprint density at radius 2 is 0.870 bits per heavy atom. The first-order valence-corrected chi connectivity index (χ1v) is 19.3. The lowest BCUT2D eigenvalue weighted by atomic mass is 9.82. The minimum atomic E-state index is 0.102. The van der Waals surface area contributed by atoms with E-state index in [1.54, 1.807) is 0 Å². The fourth-order valence-electron chi connectivity index (χ4n) is 8.89. The van der Waals surface area contributed by atoms with Crippen LogP contribution in [0.1, 0.15) is 52.7 Å². The summed E-state index contributed by atoms with van der Waals surface area (Å²) in [6, 6.07) is 50.8. The molecule has 0 aliphatic heterocycles. The van der Waals surface area contributed by atoms with Crippen molar-refractivity contribution >= 4 is 88.1 Å². The Hall–Kier alpha value is -5.98. The van der Waals surface area contributed by atoms with Crippen LogP contribution in [-0.4, -0.2) is 0 Å². The standard InChI is InChI=1S/C54H44/c1-32-8-20-47-45(21-15-33-9-10-35(49(32)51(33)47)26-27-53(2,3)4)38-17-23-43-36(28-38)12-13-37-29-39(18-24-44(37)43)46-22-16-34-11-14-40-30-42(54(5,6)7)31-41-19-25-48(46)52(34)50(40)41/h8-31H,1H2,2-7H3/b27-26+. The summed E-state index contributed by atoms with van der Waals surface area (Å²) in [5.74, 6) is 0. The molecule has 0 amide bonds. The fraction of sp³-hybridized carbons (Fsp3) is 0.148. The fourth-order valence-corrected chi connectivity index (χ4v) is 8.89. The van der Waals surface area contributed by atoms with Crippen LogP contribution in [0, 0.1) is 5.41 Å². The molecule has 0 saturated carbocycles. The zero-order valence-electron chi connectivity index (χ0n) is 32.1. The lowest BCUT2D eigenvalue weighted by Gasteiger charge is -2.22. The van der Waals surface area contributed by atoms with E-state index in [0.29, 0.717) is 0 Å². The molecule has 0 spiro atoms. The summed E-state index contributed by atoms with van der Waals surface area (Å²) in [5, 5.41) is 19.2. The molecule has 0 nitrogen and oxygen atoms in total. The molecule has 54 heavy (non-hydrogen) atoms. The quantitative estimate of drug-likeness (QED) is 0.162. The zero-order valence-corrected chi connectivity index (χ0v) is 32.1. The first kappa shape index (κ1) is 32.7. The van der Waals surface area contributed by atoms with Crippen molar-refractivity contribution in [3.05, 3.63) is 156 Å². The van der Waals surface area contributed by atoms with Crippen molar-refractivity contribution < 1.29 is 0 Å². The number of hydrogen-bond acceptors (Lipinski definition) is 0. The molecule has 10 rings (SSSR count). The van der Waals surface area contributed by atoms with Gasteiger partial charge in [0.05, 0.1) is 0 Å². The molecule has 0 aromatic heterocycles. The van der Waals surface area contributed by atoms with E-state index in [2.05, 4.69) is 194 Å². The van der Waals surface area contributed by atoms with E-state index < -0.39 is 0 Å². The van der Waals surface area contributed by atoms with Crippen molar-refractivity contribution in [2.24, 2.45) is 5.41 Å². The van der Waals surface area contributed by atoms with E-state index in [0.717, 1.165) is 5.22 Å². The first-order valence-electron chi connectivity index (χ1n) is 19.3. The third-order valence-electron chi connectivity index (χ3n) is 11.7. The summed E-state index contributed by atoms with van der Waals surface area (Å²) in [6.45, 7) is 18.1. The number of fused-ring (bicyclic) bond motifs is 3. The van der Waals surface area contributed by atoms with Gasteiger partial charge in [0.1, 0.15) is 0 Å². The SMILES string of the molecule is C=c1ccc2c(-c3ccc4c(ccc5cc(-c6ccc7ccc8cc(C(C)(C)C)cc9ccc6c7c89)ccc54)c3)ccc3ccc(/C=C/C(C)(C)C)c1c32. The first-order chi connectivity index (χ1) is 25.9. The maximum atomic E-state index is 4.46. The lowest BCUT2D eigenvalue weighted by Crippen LogP contribution is -2.10. The molecule has 0 heteroatoms. The number of rotatable bonds is 3. The van der Waals surface area contributed by atoms with Crippen molar-refractivity contribution in [2.75, 3.05) is 0 Å². The third-order valence-corrected chi connectivity index (χ3v) is 11.7. The average molecular weight is 693 g/mol. The second-order valence-corrected chi connectivity index (χ2v) is 17.6. The van der Waals surface area contributed by atoms with E-state index >= 15 is 0 Å². The van der Waals surface area contributed by atoms with Gasteiger partial charge in [-0.15, -0.1) is 0 Å². The van der Waals surface area contributed by atoms with Crippen LogP contribution in [-0.2, 0) is 5.41 Å². The summed E-state index contributed by atoms with van der Waals surface area (Å²) in [7, 11) is 0. The molecule has 0 aliphatic carbocycles. The number of benzene rings is 10. The van der Waals surface area contributed by atoms with Gasteiger partial charge in [-0.25, -0.2) is 0 Å². The molecule has 10 aromatic rings. The van der Waals surface area contributed by atoms with E-state index in [1.165, 1.54) is 109 Å². The van der Waals surface area contributed by atoms with Crippen LogP contribution in [0.2, 0.25) is 0 Å². The minimum absolute atomic E-state index is 0.102. The minimum Gasteiger partial charge on any atom is -0.0911 e. The van der Waals surface area contributed by atoms with Gasteiger partial charge in [0.25, 0.3) is 0 Å². The normalized spacial score (nSPS) is 13.0. The van der Waals surface area contributed by atoms with E-state index in [1.807, 2.05) is 0 Å². The van der Waals surface area contributed by atoms with Crippen LogP contribution in [0.15, 0.2) is 140 Å². The molecule has 0 bridgehead atoms. The van der Waals surface area contributed by atoms with Gasteiger partial charge in [0.2, 0.25) is 0 Å². The van der Waals surface area contributed by atoms with Crippen LogP contribution in [0.5, 0.6) is 0 Å². The van der Waals surface area contributed by atoms with Gasteiger partial charge < -0.3 is 0 Å². The largest absolute Gasteiger partial charge is 0.0911 e. The Bertz CT molecular complexity index is 3210. The molecular weight excluding hydrogens is 649 g/mol. The maximum absolute atomic E-state index is 4.46. The number of hydrogen-bond donors (Lipinski definition) is 0. The van der Waals surface area contributed by atoms with Gasteiger partial charge in [0.15, 0.2) is 0 Å².